The second kappa shape index (κ2) is 7.81. The van der Waals surface area contributed by atoms with Crippen molar-refractivity contribution in [2.45, 2.75) is 19.8 Å². The summed E-state index contributed by atoms with van der Waals surface area (Å²) in [4.78, 5) is 10.2. The Labute approximate surface area is 101 Å². The van der Waals surface area contributed by atoms with Crippen LogP contribution in [-0.2, 0) is 10.1 Å². The molecule has 6 heteroatoms. The van der Waals surface area contributed by atoms with Crippen molar-refractivity contribution >= 4 is 16.1 Å². The van der Waals surface area contributed by atoms with Crippen LogP contribution in [0.4, 0.5) is 0 Å². The van der Waals surface area contributed by atoms with Crippen LogP contribution < -0.4 is 0 Å². The van der Waals surface area contributed by atoms with Crippen LogP contribution in [-0.4, -0.2) is 29.8 Å². The molecule has 0 bridgehead atoms. The number of hydrogen-bond acceptors (Lipinski definition) is 3. The number of hydrogen-bond donors (Lipinski definition) is 2. The molecule has 1 rings (SSSR count). The van der Waals surface area contributed by atoms with E-state index in [-0.39, 0.29) is 5.75 Å². The van der Waals surface area contributed by atoms with Crippen molar-refractivity contribution in [1.82, 2.24) is 0 Å². The summed E-state index contributed by atoms with van der Waals surface area (Å²) in [5.74, 6) is -0.987. The van der Waals surface area contributed by atoms with Crippen molar-refractivity contribution in [3.63, 3.8) is 0 Å². The van der Waals surface area contributed by atoms with Crippen LogP contribution in [0, 0.1) is 0 Å². The van der Waals surface area contributed by atoms with E-state index in [1.54, 1.807) is 30.3 Å². The molecule has 0 saturated heterocycles. The van der Waals surface area contributed by atoms with Gasteiger partial charge >= 0.3 is 5.97 Å². The summed E-state index contributed by atoms with van der Waals surface area (Å²) in [5.41, 5.74) is 0.331. The minimum absolute atomic E-state index is 0.108. The van der Waals surface area contributed by atoms with Crippen molar-refractivity contribution in [2.75, 3.05) is 5.75 Å². The van der Waals surface area contributed by atoms with Gasteiger partial charge in [0.2, 0.25) is 0 Å². The van der Waals surface area contributed by atoms with Crippen molar-refractivity contribution in [2.24, 2.45) is 0 Å². The second-order valence-electron chi connectivity index (χ2n) is 3.31. The Kier molecular flexibility index (Phi) is 7.16. The zero-order valence-corrected chi connectivity index (χ0v) is 10.4. The minimum atomic E-state index is -3.69. The smallest absolute Gasteiger partial charge is 0.335 e. The zero-order chi connectivity index (χ0) is 13.3. The van der Waals surface area contributed by atoms with Gasteiger partial charge in [-0.25, -0.2) is 4.79 Å². The highest BCUT2D eigenvalue weighted by Gasteiger charge is 2.00. The fraction of sp³-hybridized carbons (Fsp3) is 0.364. The Bertz CT molecular complexity index is 424. The quantitative estimate of drug-likeness (QED) is 0.808. The van der Waals surface area contributed by atoms with Crippen molar-refractivity contribution in [1.29, 1.82) is 0 Å². The highest BCUT2D eigenvalue weighted by molar-refractivity contribution is 7.85. The van der Waals surface area contributed by atoms with Gasteiger partial charge in [-0.2, -0.15) is 8.42 Å². The first-order valence-corrected chi connectivity index (χ1v) is 6.71. The van der Waals surface area contributed by atoms with Gasteiger partial charge in [0.1, 0.15) is 0 Å². The lowest BCUT2D eigenvalue weighted by atomic mass is 10.2. The molecule has 0 aromatic heterocycles. The highest BCUT2D eigenvalue weighted by Crippen LogP contribution is 1.96. The Morgan fingerprint density at radius 1 is 1.24 bits per heavy atom. The third-order valence-corrected chi connectivity index (χ3v) is 2.58. The first kappa shape index (κ1) is 15.6. The van der Waals surface area contributed by atoms with Gasteiger partial charge in [-0.1, -0.05) is 31.5 Å². The average molecular weight is 260 g/mol. The molecule has 0 heterocycles. The molecular formula is C11H16O5S. The molecule has 0 fully saturated rings. The van der Waals surface area contributed by atoms with E-state index >= 15 is 0 Å². The van der Waals surface area contributed by atoms with E-state index in [9.17, 15) is 13.2 Å². The SMILES string of the molecule is CCCCS(=O)(=O)O.O=C(O)c1ccccc1. The molecular weight excluding hydrogens is 244 g/mol. The summed E-state index contributed by atoms with van der Waals surface area (Å²) >= 11 is 0. The van der Waals surface area contributed by atoms with Gasteiger partial charge in [-0.05, 0) is 18.6 Å². The predicted octanol–water partition coefficient (Wildman–Crippen LogP) is 2.06. The molecule has 0 spiro atoms. The first-order chi connectivity index (χ1) is 7.87. The maximum Gasteiger partial charge on any atom is 0.335 e. The molecule has 1 aromatic rings. The van der Waals surface area contributed by atoms with Crippen LogP contribution in [0.3, 0.4) is 0 Å². The zero-order valence-electron chi connectivity index (χ0n) is 9.54. The summed E-state index contributed by atoms with van der Waals surface area (Å²) < 4.78 is 28.0. The average Bonchev–Trinajstić information content (AvgIpc) is 2.27. The van der Waals surface area contributed by atoms with Crippen LogP contribution in [0.15, 0.2) is 30.3 Å². The minimum Gasteiger partial charge on any atom is -0.478 e. The van der Waals surface area contributed by atoms with Crippen LogP contribution in [0.5, 0.6) is 0 Å². The molecule has 96 valence electrons. The lowest BCUT2D eigenvalue weighted by Gasteiger charge is -1.90. The van der Waals surface area contributed by atoms with Gasteiger partial charge in [-0.15, -0.1) is 0 Å². The molecule has 17 heavy (non-hydrogen) atoms. The van der Waals surface area contributed by atoms with Crippen molar-refractivity contribution in [3.8, 4) is 0 Å². The monoisotopic (exact) mass is 260 g/mol. The third-order valence-electron chi connectivity index (χ3n) is 1.78. The molecule has 0 unspecified atom stereocenters. The van der Waals surface area contributed by atoms with Crippen molar-refractivity contribution < 1.29 is 22.9 Å². The summed E-state index contributed by atoms with van der Waals surface area (Å²) in [7, 11) is -3.69. The molecule has 0 aliphatic carbocycles. The van der Waals surface area contributed by atoms with Crippen LogP contribution >= 0.6 is 0 Å². The van der Waals surface area contributed by atoms with Crippen molar-refractivity contribution in [3.05, 3.63) is 35.9 Å². The number of benzene rings is 1. The molecule has 5 nitrogen and oxygen atoms in total. The molecule has 0 radical (unpaired) electrons. The van der Waals surface area contributed by atoms with Gasteiger partial charge in [0.15, 0.2) is 0 Å². The maximum absolute atomic E-state index is 10.2. The number of carboxylic acids is 1. The fourth-order valence-electron chi connectivity index (χ4n) is 0.907. The maximum atomic E-state index is 10.2. The van der Waals surface area contributed by atoms with Gasteiger partial charge in [0.25, 0.3) is 10.1 Å². The second-order valence-corrected chi connectivity index (χ2v) is 4.88. The van der Waals surface area contributed by atoms with E-state index < -0.39 is 16.1 Å². The van der Waals surface area contributed by atoms with Crippen LogP contribution in [0.25, 0.3) is 0 Å². The van der Waals surface area contributed by atoms with Gasteiger partial charge in [0.05, 0.1) is 11.3 Å². The topological polar surface area (TPSA) is 91.7 Å². The third kappa shape index (κ3) is 9.52. The van der Waals surface area contributed by atoms with E-state index in [0.717, 1.165) is 6.42 Å². The highest BCUT2D eigenvalue weighted by atomic mass is 32.2. The van der Waals surface area contributed by atoms with Crippen LogP contribution in [0.2, 0.25) is 0 Å². The van der Waals surface area contributed by atoms with E-state index in [1.807, 2.05) is 6.92 Å². The molecule has 0 saturated carbocycles. The van der Waals surface area contributed by atoms with Gasteiger partial charge in [-0.3, -0.25) is 4.55 Å². The molecule has 0 atom stereocenters. The van der Waals surface area contributed by atoms with E-state index in [1.165, 1.54) is 0 Å². The Hall–Kier alpha value is -1.40. The Balaban J connectivity index is 0.000000304. The number of carbonyl (C=O) groups is 1. The van der Waals surface area contributed by atoms with Crippen LogP contribution in [0.1, 0.15) is 30.1 Å². The normalized spacial score (nSPS) is 10.2. The van der Waals surface area contributed by atoms with Gasteiger partial charge in [0, 0.05) is 0 Å². The lowest BCUT2D eigenvalue weighted by molar-refractivity contribution is 0.0697. The molecule has 1 aromatic carbocycles. The number of rotatable bonds is 4. The molecule has 0 aliphatic rings. The van der Waals surface area contributed by atoms with E-state index in [0.29, 0.717) is 12.0 Å². The van der Waals surface area contributed by atoms with Gasteiger partial charge < -0.3 is 5.11 Å². The largest absolute Gasteiger partial charge is 0.478 e. The molecule has 2 N–H and O–H groups in total. The van der Waals surface area contributed by atoms with E-state index in [4.69, 9.17) is 9.66 Å². The Morgan fingerprint density at radius 2 is 1.76 bits per heavy atom. The number of aromatic carboxylic acids is 1. The lowest BCUT2D eigenvalue weighted by Crippen LogP contribution is -2.02. The predicted molar refractivity (Wildman–Crippen MR) is 64.7 cm³/mol. The fourth-order valence-corrected chi connectivity index (χ4v) is 1.56. The summed E-state index contributed by atoms with van der Waals surface area (Å²) in [6, 6.07) is 8.30. The first-order valence-electron chi connectivity index (χ1n) is 5.10. The molecule has 0 aliphatic heterocycles. The van der Waals surface area contributed by atoms with E-state index in [2.05, 4.69) is 0 Å². The standard InChI is InChI=1S/C7H6O2.C4H10O3S/c8-7(9)6-4-2-1-3-5-6;1-2-3-4-8(5,6)7/h1-5H,(H,8,9);2-4H2,1H3,(H,5,6,7). The Morgan fingerprint density at radius 3 is 2.00 bits per heavy atom. The number of unbranched alkanes of at least 4 members (excludes halogenated alkanes) is 1. The molecule has 0 amide bonds. The number of carboxylic acid groups (broad SMARTS) is 1. The summed E-state index contributed by atoms with van der Waals surface area (Å²) in [5, 5.41) is 8.38. The summed E-state index contributed by atoms with van der Waals surface area (Å²) in [6.45, 7) is 1.87. The summed E-state index contributed by atoms with van der Waals surface area (Å²) in [6.07, 6.45) is 1.33.